The number of carbonyl (C=O) groups excluding carboxylic acids is 1. The Balaban J connectivity index is 2.61. The summed E-state index contributed by atoms with van der Waals surface area (Å²) in [4.78, 5) is 16.3. The number of hydrogen-bond donors (Lipinski definition) is 1. The van der Waals surface area contributed by atoms with Gasteiger partial charge in [-0.25, -0.2) is 9.79 Å². The van der Waals surface area contributed by atoms with Gasteiger partial charge in [0.2, 0.25) is 0 Å². The van der Waals surface area contributed by atoms with Crippen LogP contribution in [-0.4, -0.2) is 25.7 Å². The molecule has 130 valence electrons. The fourth-order valence-corrected chi connectivity index (χ4v) is 2.44. The standard InChI is InChI=1S/C16H17F3N2O3/c1-4-24-14(22)12-9(2)20-15(23-3)21-13(12)10-7-5-6-8-11(10)16(17,18)19/h5-8,13H,4H2,1-3H3,(H,20,21). The number of methoxy groups -OCH3 is 1. The second kappa shape index (κ2) is 6.94. The molecule has 24 heavy (non-hydrogen) atoms. The molecule has 0 aromatic heterocycles. The van der Waals surface area contributed by atoms with Crippen LogP contribution in [0.1, 0.15) is 31.0 Å². The molecule has 1 aromatic carbocycles. The molecule has 0 amide bonds. The molecule has 1 aromatic rings. The van der Waals surface area contributed by atoms with Crippen molar-refractivity contribution in [1.29, 1.82) is 0 Å². The number of benzene rings is 1. The van der Waals surface area contributed by atoms with Crippen molar-refractivity contribution in [2.75, 3.05) is 13.7 Å². The molecule has 0 spiro atoms. The summed E-state index contributed by atoms with van der Waals surface area (Å²) in [5.41, 5.74) is -0.634. The first kappa shape index (κ1) is 17.8. The number of aliphatic imine (C=N–C) groups is 1. The van der Waals surface area contributed by atoms with Crippen molar-refractivity contribution in [3.8, 4) is 0 Å². The molecule has 8 heteroatoms. The topological polar surface area (TPSA) is 59.9 Å². The van der Waals surface area contributed by atoms with Crippen molar-refractivity contribution in [3.05, 3.63) is 46.7 Å². The van der Waals surface area contributed by atoms with Gasteiger partial charge in [-0.2, -0.15) is 13.2 Å². The highest BCUT2D eigenvalue weighted by Crippen LogP contribution is 2.40. The van der Waals surface area contributed by atoms with E-state index in [1.807, 2.05) is 0 Å². The molecule has 2 rings (SSSR count). The molecule has 1 heterocycles. The summed E-state index contributed by atoms with van der Waals surface area (Å²) >= 11 is 0. The molecule has 0 aliphatic carbocycles. The molecular weight excluding hydrogens is 325 g/mol. The van der Waals surface area contributed by atoms with Gasteiger partial charge in [0.1, 0.15) is 6.04 Å². The number of carbonyl (C=O) groups is 1. The van der Waals surface area contributed by atoms with Gasteiger partial charge in [0, 0.05) is 5.70 Å². The average molecular weight is 342 g/mol. The molecule has 5 nitrogen and oxygen atoms in total. The Bertz CT molecular complexity index is 696. The number of halogens is 3. The van der Waals surface area contributed by atoms with Crippen LogP contribution in [-0.2, 0) is 20.4 Å². The van der Waals surface area contributed by atoms with Gasteiger partial charge in [-0.1, -0.05) is 18.2 Å². The van der Waals surface area contributed by atoms with Crippen LogP contribution < -0.4 is 5.32 Å². The normalized spacial score (nSPS) is 17.9. The zero-order valence-electron chi connectivity index (χ0n) is 13.4. The third-order valence-corrected chi connectivity index (χ3v) is 3.47. The third-order valence-electron chi connectivity index (χ3n) is 3.47. The molecule has 0 fully saturated rings. The Kier molecular flexibility index (Phi) is 5.16. The maximum absolute atomic E-state index is 13.3. The van der Waals surface area contributed by atoms with Crippen molar-refractivity contribution in [3.63, 3.8) is 0 Å². The van der Waals surface area contributed by atoms with Gasteiger partial charge in [0.05, 0.1) is 24.9 Å². The highest BCUT2D eigenvalue weighted by atomic mass is 19.4. The van der Waals surface area contributed by atoms with Gasteiger partial charge in [-0.3, -0.25) is 0 Å². The van der Waals surface area contributed by atoms with Crippen LogP contribution in [0.4, 0.5) is 13.2 Å². The summed E-state index contributed by atoms with van der Waals surface area (Å²) in [7, 11) is 1.33. The van der Waals surface area contributed by atoms with Crippen LogP contribution in [0.15, 0.2) is 40.5 Å². The van der Waals surface area contributed by atoms with E-state index in [1.54, 1.807) is 13.8 Å². The monoisotopic (exact) mass is 342 g/mol. The zero-order chi connectivity index (χ0) is 17.9. The van der Waals surface area contributed by atoms with Crippen molar-refractivity contribution in [2.45, 2.75) is 26.1 Å². The maximum atomic E-state index is 13.3. The third kappa shape index (κ3) is 3.52. The lowest BCUT2D eigenvalue weighted by Gasteiger charge is -2.26. The first-order chi connectivity index (χ1) is 11.3. The zero-order valence-corrected chi connectivity index (χ0v) is 13.4. The Labute approximate surface area is 137 Å². The molecule has 1 aliphatic rings. The predicted molar refractivity (Wildman–Crippen MR) is 81.1 cm³/mol. The Morgan fingerprint density at radius 3 is 2.58 bits per heavy atom. The number of ether oxygens (including phenoxy) is 2. The van der Waals surface area contributed by atoms with Gasteiger partial charge in [-0.15, -0.1) is 0 Å². The smallest absolute Gasteiger partial charge is 0.416 e. The lowest BCUT2D eigenvalue weighted by molar-refractivity contribution is -0.140. The largest absolute Gasteiger partial charge is 0.468 e. The van der Waals surface area contributed by atoms with Crippen LogP contribution in [0, 0.1) is 0 Å². The molecule has 0 bridgehead atoms. The van der Waals surface area contributed by atoms with E-state index in [0.29, 0.717) is 5.70 Å². The molecular formula is C16H17F3N2O3. The number of hydrogen-bond acceptors (Lipinski definition) is 5. The van der Waals surface area contributed by atoms with E-state index in [-0.39, 0.29) is 23.8 Å². The lowest BCUT2D eigenvalue weighted by atomic mass is 9.92. The number of allylic oxidation sites excluding steroid dienone is 1. The summed E-state index contributed by atoms with van der Waals surface area (Å²) in [5, 5.41) is 2.74. The lowest BCUT2D eigenvalue weighted by Crippen LogP contribution is -2.33. The molecule has 1 unspecified atom stereocenters. The summed E-state index contributed by atoms with van der Waals surface area (Å²) in [6, 6.07) is 3.86. The summed E-state index contributed by atoms with van der Waals surface area (Å²) < 4.78 is 50.0. The van der Waals surface area contributed by atoms with Crippen LogP contribution in [0.2, 0.25) is 0 Å². The quantitative estimate of drug-likeness (QED) is 0.857. The molecule has 0 radical (unpaired) electrons. The van der Waals surface area contributed by atoms with Crippen LogP contribution in [0.25, 0.3) is 0 Å². The van der Waals surface area contributed by atoms with Crippen LogP contribution in [0.3, 0.4) is 0 Å². The number of alkyl halides is 3. The molecule has 0 saturated heterocycles. The van der Waals surface area contributed by atoms with E-state index >= 15 is 0 Å². The van der Waals surface area contributed by atoms with E-state index in [0.717, 1.165) is 6.07 Å². The van der Waals surface area contributed by atoms with Crippen LogP contribution in [0.5, 0.6) is 0 Å². The SMILES string of the molecule is CCOC(=O)C1=C(C)NC(OC)=NC1c1ccccc1C(F)(F)F. The molecule has 1 N–H and O–H groups in total. The summed E-state index contributed by atoms with van der Waals surface area (Å²) in [6.07, 6.45) is -4.57. The first-order valence-electron chi connectivity index (χ1n) is 7.22. The Morgan fingerprint density at radius 1 is 1.33 bits per heavy atom. The average Bonchev–Trinajstić information content (AvgIpc) is 2.53. The minimum atomic E-state index is -4.57. The first-order valence-corrected chi connectivity index (χ1v) is 7.22. The Morgan fingerprint density at radius 2 is 2.00 bits per heavy atom. The van der Waals surface area contributed by atoms with Gasteiger partial charge < -0.3 is 14.8 Å². The molecule has 0 saturated carbocycles. The van der Waals surface area contributed by atoms with E-state index in [4.69, 9.17) is 9.47 Å². The number of esters is 1. The molecule has 1 aliphatic heterocycles. The summed E-state index contributed by atoms with van der Waals surface area (Å²) in [5.74, 6) is -0.719. The minimum Gasteiger partial charge on any atom is -0.468 e. The van der Waals surface area contributed by atoms with Gasteiger partial charge in [-0.05, 0) is 25.5 Å². The fourth-order valence-electron chi connectivity index (χ4n) is 2.44. The number of amidine groups is 1. The molecule has 1 atom stereocenters. The van der Waals surface area contributed by atoms with E-state index in [1.165, 1.54) is 25.3 Å². The number of nitrogens with zero attached hydrogens (tertiary/aromatic N) is 1. The second-order valence-electron chi connectivity index (χ2n) is 5.01. The fraction of sp³-hybridized carbons (Fsp3) is 0.375. The number of rotatable bonds is 3. The Hall–Kier alpha value is -2.51. The van der Waals surface area contributed by atoms with Gasteiger partial charge in [0.15, 0.2) is 0 Å². The van der Waals surface area contributed by atoms with E-state index in [2.05, 4.69) is 10.3 Å². The van der Waals surface area contributed by atoms with Crippen molar-refractivity contribution in [1.82, 2.24) is 5.32 Å². The van der Waals surface area contributed by atoms with Crippen LogP contribution >= 0.6 is 0 Å². The van der Waals surface area contributed by atoms with E-state index < -0.39 is 23.8 Å². The van der Waals surface area contributed by atoms with Crippen molar-refractivity contribution in [2.24, 2.45) is 4.99 Å². The highest BCUT2D eigenvalue weighted by molar-refractivity contribution is 5.94. The maximum Gasteiger partial charge on any atom is 0.416 e. The number of nitrogens with one attached hydrogen (secondary N) is 1. The minimum absolute atomic E-state index is 0.0225. The second-order valence-corrected chi connectivity index (χ2v) is 5.01. The van der Waals surface area contributed by atoms with Gasteiger partial charge in [0.25, 0.3) is 6.02 Å². The van der Waals surface area contributed by atoms with Crippen molar-refractivity contribution >= 4 is 12.0 Å². The predicted octanol–water partition coefficient (Wildman–Crippen LogP) is 3.19. The highest BCUT2D eigenvalue weighted by Gasteiger charge is 2.39. The van der Waals surface area contributed by atoms with E-state index in [9.17, 15) is 18.0 Å². The van der Waals surface area contributed by atoms with Crippen molar-refractivity contribution < 1.29 is 27.4 Å². The summed E-state index contributed by atoms with van der Waals surface area (Å²) in [6.45, 7) is 3.28. The van der Waals surface area contributed by atoms with Gasteiger partial charge >= 0.3 is 12.1 Å².